The number of pyridine rings is 1. The topological polar surface area (TPSA) is 58.9 Å². The summed E-state index contributed by atoms with van der Waals surface area (Å²) in [6.07, 6.45) is 5.60. The highest BCUT2D eigenvalue weighted by atomic mass is 15.5. The van der Waals surface area contributed by atoms with Crippen molar-refractivity contribution in [3.63, 3.8) is 0 Å². The van der Waals surface area contributed by atoms with Crippen LogP contribution in [0, 0.1) is 13.8 Å². The van der Waals surface area contributed by atoms with Crippen LogP contribution in [0.2, 0.25) is 0 Å². The highest BCUT2D eigenvalue weighted by Gasteiger charge is 2.24. The summed E-state index contributed by atoms with van der Waals surface area (Å²) in [5.74, 6) is 0. The largest absolute Gasteiger partial charge is 0.314 e. The summed E-state index contributed by atoms with van der Waals surface area (Å²) in [6.45, 7) is 7.91. The molecule has 0 spiro atoms. The van der Waals surface area contributed by atoms with E-state index in [2.05, 4.69) is 64.5 Å². The second-order valence-electron chi connectivity index (χ2n) is 6.94. The first-order valence-corrected chi connectivity index (χ1v) is 9.03. The van der Waals surface area contributed by atoms with Gasteiger partial charge in [0.2, 0.25) is 0 Å². The van der Waals surface area contributed by atoms with E-state index in [0.29, 0.717) is 6.04 Å². The molecule has 1 aliphatic rings. The number of hydrogen-bond acceptors (Lipinski definition) is 5. The van der Waals surface area contributed by atoms with E-state index in [1.807, 2.05) is 18.6 Å². The maximum absolute atomic E-state index is 4.72. The smallest absolute Gasteiger partial charge is 0.0972 e. The number of rotatable bonds is 4. The van der Waals surface area contributed by atoms with Gasteiger partial charge in [-0.1, -0.05) is 6.07 Å². The summed E-state index contributed by atoms with van der Waals surface area (Å²) >= 11 is 0. The third-order valence-corrected chi connectivity index (χ3v) is 4.79. The van der Waals surface area contributed by atoms with E-state index in [1.54, 1.807) is 4.80 Å². The lowest BCUT2D eigenvalue weighted by Gasteiger charge is -2.35. The van der Waals surface area contributed by atoms with Gasteiger partial charge in [-0.25, -0.2) is 0 Å². The number of aryl methyl sites for hydroxylation is 2. The van der Waals surface area contributed by atoms with Crippen LogP contribution in [-0.2, 0) is 6.54 Å². The van der Waals surface area contributed by atoms with Crippen molar-refractivity contribution in [2.45, 2.75) is 26.4 Å². The molecule has 0 radical (unpaired) electrons. The van der Waals surface area contributed by atoms with Crippen molar-refractivity contribution in [2.75, 3.05) is 19.6 Å². The molecule has 1 unspecified atom stereocenters. The average Bonchev–Trinajstić information content (AvgIpc) is 3.11. The molecule has 1 fully saturated rings. The van der Waals surface area contributed by atoms with Gasteiger partial charge in [-0.2, -0.15) is 15.0 Å². The number of benzene rings is 1. The van der Waals surface area contributed by atoms with E-state index in [4.69, 9.17) is 5.10 Å². The van der Waals surface area contributed by atoms with Crippen LogP contribution in [0.25, 0.3) is 5.69 Å². The van der Waals surface area contributed by atoms with Gasteiger partial charge in [0.1, 0.15) is 0 Å². The lowest BCUT2D eigenvalue weighted by molar-refractivity contribution is 0.151. The Kier molecular flexibility index (Phi) is 4.77. The summed E-state index contributed by atoms with van der Waals surface area (Å²) < 4.78 is 0. The van der Waals surface area contributed by atoms with E-state index in [1.165, 1.54) is 16.7 Å². The molecule has 1 aliphatic heterocycles. The van der Waals surface area contributed by atoms with Gasteiger partial charge < -0.3 is 5.32 Å². The molecule has 1 aromatic carbocycles. The quantitative estimate of drug-likeness (QED) is 0.785. The van der Waals surface area contributed by atoms with Crippen molar-refractivity contribution in [2.24, 2.45) is 0 Å². The maximum atomic E-state index is 4.72. The molecule has 0 amide bonds. The normalized spacial score (nSPS) is 18.2. The Morgan fingerprint density at radius 2 is 1.88 bits per heavy atom. The minimum absolute atomic E-state index is 0.332. The summed E-state index contributed by atoms with van der Waals surface area (Å²) in [5.41, 5.74) is 5.73. The van der Waals surface area contributed by atoms with Crippen LogP contribution in [0.5, 0.6) is 0 Å². The van der Waals surface area contributed by atoms with Gasteiger partial charge in [0, 0.05) is 44.6 Å². The molecule has 6 heteroatoms. The Balaban J connectivity index is 1.54. The van der Waals surface area contributed by atoms with Crippen LogP contribution in [0.1, 0.15) is 28.4 Å². The SMILES string of the molecule is Cc1cc(C)cc(-n2ncc(CN3CCNCC3c3ccncc3)n2)c1. The molecule has 2 aromatic heterocycles. The van der Waals surface area contributed by atoms with Crippen LogP contribution in [0.15, 0.2) is 48.9 Å². The van der Waals surface area contributed by atoms with Gasteiger partial charge in [0.05, 0.1) is 17.6 Å². The van der Waals surface area contributed by atoms with Gasteiger partial charge in [-0.3, -0.25) is 9.88 Å². The van der Waals surface area contributed by atoms with E-state index < -0.39 is 0 Å². The molecule has 3 aromatic rings. The number of nitrogens with one attached hydrogen (secondary N) is 1. The zero-order valence-corrected chi connectivity index (χ0v) is 15.3. The lowest BCUT2D eigenvalue weighted by Crippen LogP contribution is -2.45. The molecule has 1 saturated heterocycles. The van der Waals surface area contributed by atoms with Crippen LogP contribution < -0.4 is 5.32 Å². The van der Waals surface area contributed by atoms with Crippen molar-refractivity contribution in [3.8, 4) is 5.69 Å². The number of aromatic nitrogens is 4. The van der Waals surface area contributed by atoms with Crippen LogP contribution in [0.4, 0.5) is 0 Å². The lowest BCUT2D eigenvalue weighted by atomic mass is 10.0. The van der Waals surface area contributed by atoms with Gasteiger partial charge >= 0.3 is 0 Å². The number of hydrogen-bond donors (Lipinski definition) is 1. The Hall–Kier alpha value is -2.57. The van der Waals surface area contributed by atoms with Crippen molar-refractivity contribution >= 4 is 0 Å². The van der Waals surface area contributed by atoms with Crippen molar-refractivity contribution in [1.82, 2.24) is 30.2 Å². The summed E-state index contributed by atoms with van der Waals surface area (Å²) in [4.78, 5) is 8.33. The summed E-state index contributed by atoms with van der Waals surface area (Å²) in [7, 11) is 0. The molecule has 4 rings (SSSR count). The van der Waals surface area contributed by atoms with E-state index in [-0.39, 0.29) is 0 Å². The molecular weight excluding hydrogens is 324 g/mol. The molecule has 3 heterocycles. The van der Waals surface area contributed by atoms with E-state index in [9.17, 15) is 0 Å². The molecule has 0 saturated carbocycles. The first-order valence-electron chi connectivity index (χ1n) is 9.03. The highest BCUT2D eigenvalue weighted by Crippen LogP contribution is 2.23. The van der Waals surface area contributed by atoms with Crippen molar-refractivity contribution < 1.29 is 0 Å². The molecule has 134 valence electrons. The minimum atomic E-state index is 0.332. The highest BCUT2D eigenvalue weighted by molar-refractivity contribution is 5.37. The fourth-order valence-electron chi connectivity index (χ4n) is 3.62. The summed E-state index contributed by atoms with van der Waals surface area (Å²) in [6, 6.07) is 10.9. The Bertz CT molecular complexity index is 853. The van der Waals surface area contributed by atoms with Gasteiger partial charge in [-0.05, 0) is 54.8 Å². The van der Waals surface area contributed by atoms with E-state index in [0.717, 1.165) is 37.6 Å². The Morgan fingerprint density at radius 3 is 2.65 bits per heavy atom. The molecular formula is C20H24N6. The molecule has 0 aliphatic carbocycles. The maximum Gasteiger partial charge on any atom is 0.0972 e. The Labute approximate surface area is 153 Å². The first-order chi connectivity index (χ1) is 12.7. The number of piperazine rings is 1. The third kappa shape index (κ3) is 3.66. The van der Waals surface area contributed by atoms with Gasteiger partial charge in [0.25, 0.3) is 0 Å². The zero-order chi connectivity index (χ0) is 17.9. The van der Waals surface area contributed by atoms with E-state index >= 15 is 0 Å². The zero-order valence-electron chi connectivity index (χ0n) is 15.3. The fraction of sp³-hybridized carbons (Fsp3) is 0.350. The van der Waals surface area contributed by atoms with Gasteiger partial charge in [-0.15, -0.1) is 0 Å². The molecule has 1 atom stereocenters. The average molecular weight is 348 g/mol. The monoisotopic (exact) mass is 348 g/mol. The second-order valence-corrected chi connectivity index (χ2v) is 6.94. The molecule has 6 nitrogen and oxygen atoms in total. The van der Waals surface area contributed by atoms with Crippen molar-refractivity contribution in [1.29, 1.82) is 0 Å². The number of nitrogens with zero attached hydrogens (tertiary/aromatic N) is 5. The van der Waals surface area contributed by atoms with Crippen LogP contribution in [-0.4, -0.2) is 44.5 Å². The fourth-order valence-corrected chi connectivity index (χ4v) is 3.62. The summed E-state index contributed by atoms with van der Waals surface area (Å²) in [5, 5.41) is 12.7. The molecule has 0 bridgehead atoms. The predicted molar refractivity (Wildman–Crippen MR) is 101 cm³/mol. The van der Waals surface area contributed by atoms with Gasteiger partial charge in [0.15, 0.2) is 0 Å². The second kappa shape index (κ2) is 7.35. The molecule has 26 heavy (non-hydrogen) atoms. The first kappa shape index (κ1) is 16.9. The standard InChI is InChI=1S/C20H24N6/c1-15-9-16(2)11-19(10-15)26-23-12-18(24-26)14-25-8-7-22-13-20(25)17-3-5-21-6-4-17/h3-6,9-12,20,22H,7-8,13-14H2,1-2H3. The third-order valence-electron chi connectivity index (χ3n) is 4.79. The van der Waals surface area contributed by atoms with Crippen LogP contribution in [0.3, 0.4) is 0 Å². The molecule has 1 N–H and O–H groups in total. The van der Waals surface area contributed by atoms with Crippen LogP contribution >= 0.6 is 0 Å². The Morgan fingerprint density at radius 1 is 1.12 bits per heavy atom. The predicted octanol–water partition coefficient (Wildman–Crippen LogP) is 2.43. The van der Waals surface area contributed by atoms with Crippen molar-refractivity contribution in [3.05, 3.63) is 71.3 Å². The minimum Gasteiger partial charge on any atom is -0.314 e.